The van der Waals surface area contributed by atoms with Crippen LogP contribution in [-0.2, 0) is 11.2 Å². The molecule has 38 heavy (non-hydrogen) atoms. The number of carbonyl (C=O) groups is 2. The zero-order valence-corrected chi connectivity index (χ0v) is 21.5. The summed E-state index contributed by atoms with van der Waals surface area (Å²) in [7, 11) is 3.09. The molecule has 1 fully saturated rings. The fourth-order valence-electron chi connectivity index (χ4n) is 6.19. The van der Waals surface area contributed by atoms with E-state index in [4.69, 9.17) is 9.47 Å². The highest BCUT2D eigenvalue weighted by Crippen LogP contribution is 2.49. The van der Waals surface area contributed by atoms with Crippen LogP contribution in [0.3, 0.4) is 0 Å². The van der Waals surface area contributed by atoms with Crippen LogP contribution in [0.15, 0.2) is 60.7 Å². The van der Waals surface area contributed by atoms with Crippen LogP contribution in [0.4, 0.5) is 10.1 Å². The Kier molecular flexibility index (Phi) is 6.18. The molecule has 3 aliphatic rings. The van der Waals surface area contributed by atoms with E-state index in [0.29, 0.717) is 61.0 Å². The van der Waals surface area contributed by atoms with Crippen molar-refractivity contribution in [1.29, 1.82) is 0 Å². The maximum Gasteiger partial charge on any atom is 0.254 e. The molecule has 3 aliphatic heterocycles. The number of rotatable bonds is 4. The average molecular weight is 516 g/mol. The second-order valence-corrected chi connectivity index (χ2v) is 9.93. The van der Waals surface area contributed by atoms with Gasteiger partial charge in [-0.25, -0.2) is 4.39 Å². The number of amides is 2. The average Bonchev–Trinajstić information content (AvgIpc) is 2.96. The maximum atomic E-state index is 14.4. The molecule has 2 atom stereocenters. The van der Waals surface area contributed by atoms with Gasteiger partial charge in [-0.05, 0) is 47.4 Å². The fraction of sp³-hybridized carbons (Fsp3) is 0.333. The van der Waals surface area contributed by atoms with Gasteiger partial charge in [0.15, 0.2) is 11.5 Å². The summed E-state index contributed by atoms with van der Waals surface area (Å²) in [5.41, 5.74) is 3.86. The minimum atomic E-state index is -0.594. The summed E-state index contributed by atoms with van der Waals surface area (Å²) < 4.78 is 25.5. The zero-order chi connectivity index (χ0) is 26.4. The fourth-order valence-corrected chi connectivity index (χ4v) is 6.19. The lowest BCUT2D eigenvalue weighted by Gasteiger charge is -2.47. The molecule has 3 aromatic rings. The Bertz CT molecular complexity index is 1400. The maximum absolute atomic E-state index is 14.4. The highest BCUT2D eigenvalue weighted by atomic mass is 19.1. The van der Waals surface area contributed by atoms with Crippen LogP contribution < -0.4 is 14.4 Å². The molecular formula is C30H30FN3O4. The molecular weight excluding hydrogens is 485 g/mol. The molecule has 0 aromatic heterocycles. The van der Waals surface area contributed by atoms with Gasteiger partial charge in [-0.2, -0.15) is 0 Å². The van der Waals surface area contributed by atoms with Gasteiger partial charge in [0, 0.05) is 38.3 Å². The Hall–Kier alpha value is -4.07. The predicted octanol–water partition coefficient (Wildman–Crippen LogP) is 4.03. The first-order chi connectivity index (χ1) is 18.5. The Morgan fingerprint density at radius 2 is 1.55 bits per heavy atom. The van der Waals surface area contributed by atoms with Gasteiger partial charge >= 0.3 is 0 Å². The monoisotopic (exact) mass is 515 g/mol. The van der Waals surface area contributed by atoms with Crippen molar-refractivity contribution in [3.63, 3.8) is 0 Å². The number of hydrogen-bond donors (Lipinski definition) is 0. The van der Waals surface area contributed by atoms with Crippen LogP contribution in [0.1, 0.15) is 39.0 Å². The van der Waals surface area contributed by atoms with Gasteiger partial charge in [0.05, 0.1) is 31.9 Å². The Morgan fingerprint density at radius 3 is 2.29 bits per heavy atom. The summed E-state index contributed by atoms with van der Waals surface area (Å²) in [4.78, 5) is 33.8. The minimum Gasteiger partial charge on any atom is -0.493 e. The summed E-state index contributed by atoms with van der Waals surface area (Å²) in [6, 6.07) is 17.9. The van der Waals surface area contributed by atoms with Gasteiger partial charge in [0.1, 0.15) is 5.82 Å². The number of benzene rings is 3. The zero-order valence-electron chi connectivity index (χ0n) is 21.5. The van der Waals surface area contributed by atoms with Gasteiger partial charge in [0.2, 0.25) is 5.91 Å². The van der Waals surface area contributed by atoms with E-state index in [0.717, 1.165) is 17.5 Å². The summed E-state index contributed by atoms with van der Waals surface area (Å²) in [5, 5.41) is 0. The first-order valence-corrected chi connectivity index (χ1v) is 12.9. The number of piperazine rings is 1. The molecule has 0 aliphatic carbocycles. The van der Waals surface area contributed by atoms with E-state index in [9.17, 15) is 14.0 Å². The van der Waals surface area contributed by atoms with Gasteiger partial charge in [0.25, 0.3) is 5.91 Å². The van der Waals surface area contributed by atoms with Gasteiger partial charge < -0.3 is 24.2 Å². The van der Waals surface area contributed by atoms with E-state index >= 15 is 0 Å². The van der Waals surface area contributed by atoms with Crippen molar-refractivity contribution in [2.24, 2.45) is 0 Å². The van der Waals surface area contributed by atoms with Crippen molar-refractivity contribution >= 4 is 17.5 Å². The van der Waals surface area contributed by atoms with Crippen molar-refractivity contribution in [2.45, 2.75) is 18.4 Å². The second kappa shape index (κ2) is 9.67. The highest BCUT2D eigenvalue weighted by molar-refractivity contribution is 6.02. The topological polar surface area (TPSA) is 62.3 Å². The lowest BCUT2D eigenvalue weighted by Crippen LogP contribution is -2.54. The van der Waals surface area contributed by atoms with E-state index in [1.54, 1.807) is 31.4 Å². The molecule has 0 N–H and O–H groups in total. The molecule has 196 valence electrons. The van der Waals surface area contributed by atoms with Gasteiger partial charge in [-0.1, -0.05) is 36.4 Å². The summed E-state index contributed by atoms with van der Waals surface area (Å²) in [5.74, 6) is -0.0508. The third-order valence-corrected chi connectivity index (χ3v) is 8.08. The van der Waals surface area contributed by atoms with Crippen LogP contribution in [0, 0.1) is 5.82 Å². The number of methoxy groups -OCH3 is 2. The number of ether oxygens (including phenoxy) is 2. The molecule has 2 amide bonds. The van der Waals surface area contributed by atoms with E-state index in [1.807, 2.05) is 39.0 Å². The summed E-state index contributed by atoms with van der Waals surface area (Å²) in [6.07, 6.45) is 0.739. The largest absolute Gasteiger partial charge is 0.493 e. The van der Waals surface area contributed by atoms with Crippen molar-refractivity contribution in [1.82, 2.24) is 9.80 Å². The SMILES string of the molecule is COc1cc2c(cc1OC)[C@@H](C(=O)N1CCN(c3ccccc3F)CC1)[C@H]1c3ccccc3CCN1C2=O. The third-order valence-electron chi connectivity index (χ3n) is 8.08. The van der Waals surface area contributed by atoms with E-state index < -0.39 is 12.0 Å². The van der Waals surface area contributed by atoms with Crippen LogP contribution in [-0.4, -0.2) is 68.6 Å². The van der Waals surface area contributed by atoms with E-state index in [1.165, 1.54) is 13.2 Å². The predicted molar refractivity (Wildman–Crippen MR) is 141 cm³/mol. The molecule has 0 spiro atoms. The highest BCUT2D eigenvalue weighted by Gasteiger charge is 2.48. The number of anilines is 1. The summed E-state index contributed by atoms with van der Waals surface area (Å²) in [6.45, 7) is 2.53. The van der Waals surface area contributed by atoms with Crippen molar-refractivity contribution < 1.29 is 23.5 Å². The van der Waals surface area contributed by atoms with Crippen LogP contribution >= 0.6 is 0 Å². The Balaban J connectivity index is 1.39. The van der Waals surface area contributed by atoms with Crippen LogP contribution in [0.2, 0.25) is 0 Å². The number of hydrogen-bond acceptors (Lipinski definition) is 5. The molecule has 3 aromatic carbocycles. The van der Waals surface area contributed by atoms with Crippen molar-refractivity contribution in [3.8, 4) is 11.5 Å². The molecule has 0 bridgehead atoms. The minimum absolute atomic E-state index is 0.0362. The van der Waals surface area contributed by atoms with Crippen LogP contribution in [0.25, 0.3) is 0 Å². The molecule has 6 rings (SSSR count). The van der Waals surface area contributed by atoms with Crippen LogP contribution in [0.5, 0.6) is 11.5 Å². The normalized spacial score (nSPS) is 20.4. The van der Waals surface area contributed by atoms with Crippen molar-refractivity contribution in [2.75, 3.05) is 51.8 Å². The quantitative estimate of drug-likeness (QED) is 0.525. The molecule has 0 saturated carbocycles. The molecule has 8 heteroatoms. The first kappa shape index (κ1) is 24.3. The van der Waals surface area contributed by atoms with E-state index in [2.05, 4.69) is 6.07 Å². The number of fused-ring (bicyclic) bond motifs is 4. The first-order valence-electron chi connectivity index (χ1n) is 12.9. The molecule has 0 unspecified atom stereocenters. The second-order valence-electron chi connectivity index (χ2n) is 9.93. The number of halogens is 1. The number of carbonyl (C=O) groups excluding carboxylic acids is 2. The third kappa shape index (κ3) is 3.86. The smallest absolute Gasteiger partial charge is 0.254 e. The number of nitrogens with zero attached hydrogens (tertiary/aromatic N) is 3. The molecule has 7 nitrogen and oxygen atoms in total. The lowest BCUT2D eigenvalue weighted by atomic mass is 9.75. The van der Waals surface area contributed by atoms with Gasteiger partial charge in [-0.15, -0.1) is 0 Å². The Labute approximate surface area is 221 Å². The van der Waals surface area contributed by atoms with Crippen molar-refractivity contribution in [3.05, 3.63) is 88.7 Å². The molecule has 1 saturated heterocycles. The number of para-hydroxylation sites is 1. The molecule has 0 radical (unpaired) electrons. The van der Waals surface area contributed by atoms with E-state index in [-0.39, 0.29) is 17.6 Å². The van der Waals surface area contributed by atoms with Gasteiger partial charge in [-0.3, -0.25) is 9.59 Å². The Morgan fingerprint density at radius 1 is 0.868 bits per heavy atom. The summed E-state index contributed by atoms with van der Waals surface area (Å²) >= 11 is 0. The molecule has 3 heterocycles. The standard InChI is InChI=1S/C30H30FN3O4/c1-37-25-17-21-22(18-26(25)38-2)29(35)34-12-11-19-7-3-4-8-20(19)28(34)27(21)30(36)33-15-13-32(14-16-33)24-10-6-5-9-23(24)31/h3-10,17-18,27-28H,11-16H2,1-2H3/t27-,28-/m1/s1. The lowest BCUT2D eigenvalue weighted by molar-refractivity contribution is -0.135.